The lowest BCUT2D eigenvalue weighted by molar-refractivity contribution is 0.0935. The minimum atomic E-state index is -0.300. The van der Waals surface area contributed by atoms with Crippen molar-refractivity contribution < 1.29 is 13.6 Å². The SMILES string of the molecule is CN(C)C(CNC(=O)c1csc(-c2ccc(F)cc2)n1)c1ccco1. The molecule has 2 aromatic heterocycles. The van der Waals surface area contributed by atoms with Crippen LogP contribution in [-0.2, 0) is 0 Å². The van der Waals surface area contributed by atoms with Gasteiger partial charge in [0.25, 0.3) is 5.91 Å². The van der Waals surface area contributed by atoms with Crippen LogP contribution in [0.1, 0.15) is 22.3 Å². The molecular weight excluding hydrogens is 341 g/mol. The van der Waals surface area contributed by atoms with Gasteiger partial charge in [0, 0.05) is 17.5 Å². The maximum absolute atomic E-state index is 13.0. The van der Waals surface area contributed by atoms with Gasteiger partial charge in [0.1, 0.15) is 22.3 Å². The normalized spacial score (nSPS) is 12.3. The van der Waals surface area contributed by atoms with Gasteiger partial charge in [-0.3, -0.25) is 9.69 Å². The molecule has 1 unspecified atom stereocenters. The number of rotatable bonds is 6. The standard InChI is InChI=1S/C18H18FN3O2S/c1-22(2)15(16-4-3-9-24-16)10-20-17(23)14-11-25-18(21-14)12-5-7-13(19)8-6-12/h3-9,11,15H,10H2,1-2H3,(H,20,23). The highest BCUT2D eigenvalue weighted by Crippen LogP contribution is 2.24. The maximum atomic E-state index is 13.0. The fraction of sp³-hybridized carbons (Fsp3) is 0.222. The van der Waals surface area contributed by atoms with E-state index in [2.05, 4.69) is 10.3 Å². The van der Waals surface area contributed by atoms with E-state index in [-0.39, 0.29) is 17.8 Å². The van der Waals surface area contributed by atoms with Gasteiger partial charge in [-0.05, 0) is 50.5 Å². The summed E-state index contributed by atoms with van der Waals surface area (Å²) in [6.07, 6.45) is 1.61. The van der Waals surface area contributed by atoms with Crippen LogP contribution in [0.15, 0.2) is 52.5 Å². The number of hydrogen-bond acceptors (Lipinski definition) is 5. The number of nitrogens with one attached hydrogen (secondary N) is 1. The lowest BCUT2D eigenvalue weighted by Gasteiger charge is -2.22. The summed E-state index contributed by atoms with van der Waals surface area (Å²) in [7, 11) is 3.85. The van der Waals surface area contributed by atoms with E-state index in [1.807, 2.05) is 31.1 Å². The van der Waals surface area contributed by atoms with Gasteiger partial charge in [0.2, 0.25) is 0 Å². The Kier molecular flexibility index (Phi) is 5.25. The molecule has 3 aromatic rings. The minimum Gasteiger partial charge on any atom is -0.468 e. The number of benzene rings is 1. The molecule has 130 valence electrons. The largest absolute Gasteiger partial charge is 0.468 e. The van der Waals surface area contributed by atoms with Crippen LogP contribution in [0.25, 0.3) is 10.6 Å². The number of furan rings is 1. The number of carbonyl (C=O) groups is 1. The Morgan fingerprint density at radius 2 is 2.08 bits per heavy atom. The van der Waals surface area contributed by atoms with E-state index >= 15 is 0 Å². The summed E-state index contributed by atoms with van der Waals surface area (Å²) in [6.45, 7) is 0.406. The zero-order chi connectivity index (χ0) is 17.8. The fourth-order valence-corrected chi connectivity index (χ4v) is 3.21. The van der Waals surface area contributed by atoms with Crippen molar-refractivity contribution in [1.29, 1.82) is 0 Å². The van der Waals surface area contributed by atoms with Gasteiger partial charge in [0.05, 0.1) is 12.3 Å². The first-order chi connectivity index (χ1) is 12.0. The molecular formula is C18H18FN3O2S. The molecule has 1 atom stereocenters. The van der Waals surface area contributed by atoms with Gasteiger partial charge in [-0.1, -0.05) is 0 Å². The van der Waals surface area contributed by atoms with E-state index in [1.54, 1.807) is 23.8 Å². The van der Waals surface area contributed by atoms with Crippen LogP contribution in [0.2, 0.25) is 0 Å². The third kappa shape index (κ3) is 4.12. The van der Waals surface area contributed by atoms with E-state index in [0.29, 0.717) is 17.2 Å². The molecule has 1 N–H and O–H groups in total. The van der Waals surface area contributed by atoms with Crippen molar-refractivity contribution in [1.82, 2.24) is 15.2 Å². The molecule has 0 aliphatic carbocycles. The zero-order valence-corrected chi connectivity index (χ0v) is 14.7. The molecule has 0 fully saturated rings. The summed E-state index contributed by atoms with van der Waals surface area (Å²) in [4.78, 5) is 18.7. The quantitative estimate of drug-likeness (QED) is 0.731. The first-order valence-corrected chi connectivity index (χ1v) is 8.62. The number of likely N-dealkylation sites (N-methyl/N-ethyl adjacent to an activating group) is 1. The first-order valence-electron chi connectivity index (χ1n) is 7.74. The van der Waals surface area contributed by atoms with Crippen LogP contribution >= 0.6 is 11.3 Å². The summed E-state index contributed by atoms with van der Waals surface area (Å²) < 4.78 is 18.4. The van der Waals surface area contributed by atoms with Crippen molar-refractivity contribution in [2.75, 3.05) is 20.6 Å². The van der Waals surface area contributed by atoms with Crippen LogP contribution in [0.3, 0.4) is 0 Å². The van der Waals surface area contributed by atoms with Crippen molar-refractivity contribution in [3.05, 3.63) is 65.3 Å². The second-order valence-electron chi connectivity index (χ2n) is 5.75. The molecule has 2 heterocycles. The summed E-state index contributed by atoms with van der Waals surface area (Å²) in [6, 6.07) is 9.69. The second kappa shape index (κ2) is 7.58. The van der Waals surface area contributed by atoms with E-state index in [0.717, 1.165) is 11.3 Å². The average molecular weight is 359 g/mol. The molecule has 5 nitrogen and oxygen atoms in total. The molecule has 25 heavy (non-hydrogen) atoms. The van der Waals surface area contributed by atoms with Crippen LogP contribution < -0.4 is 5.32 Å². The minimum absolute atomic E-state index is 0.0610. The molecule has 0 bridgehead atoms. The van der Waals surface area contributed by atoms with Crippen LogP contribution in [0.5, 0.6) is 0 Å². The molecule has 0 aliphatic heterocycles. The number of hydrogen-bond donors (Lipinski definition) is 1. The predicted molar refractivity (Wildman–Crippen MR) is 95.0 cm³/mol. The van der Waals surface area contributed by atoms with Crippen LogP contribution in [0.4, 0.5) is 4.39 Å². The Hall–Kier alpha value is -2.51. The molecule has 0 radical (unpaired) electrons. The highest BCUT2D eigenvalue weighted by Gasteiger charge is 2.19. The van der Waals surface area contributed by atoms with Crippen molar-refractivity contribution in [2.45, 2.75) is 6.04 Å². The topological polar surface area (TPSA) is 58.4 Å². The molecule has 3 rings (SSSR count). The van der Waals surface area contributed by atoms with Gasteiger partial charge in [-0.15, -0.1) is 11.3 Å². The third-order valence-corrected chi connectivity index (χ3v) is 4.67. The van der Waals surface area contributed by atoms with E-state index in [1.165, 1.54) is 23.5 Å². The van der Waals surface area contributed by atoms with Crippen LogP contribution in [-0.4, -0.2) is 36.4 Å². The summed E-state index contributed by atoms with van der Waals surface area (Å²) >= 11 is 1.35. The highest BCUT2D eigenvalue weighted by atomic mass is 32.1. The van der Waals surface area contributed by atoms with Gasteiger partial charge >= 0.3 is 0 Å². The number of aromatic nitrogens is 1. The number of nitrogens with zero attached hydrogens (tertiary/aromatic N) is 2. The number of amides is 1. The van der Waals surface area contributed by atoms with Crippen molar-refractivity contribution in [3.8, 4) is 10.6 Å². The Bertz CT molecular complexity index is 828. The Balaban J connectivity index is 1.66. The number of halogens is 1. The molecule has 0 saturated carbocycles. The maximum Gasteiger partial charge on any atom is 0.270 e. The van der Waals surface area contributed by atoms with Gasteiger partial charge < -0.3 is 9.73 Å². The Morgan fingerprint density at radius 1 is 1.32 bits per heavy atom. The predicted octanol–water partition coefficient (Wildman–Crippen LogP) is 3.57. The Morgan fingerprint density at radius 3 is 2.72 bits per heavy atom. The summed E-state index contributed by atoms with van der Waals surface area (Å²) in [5.74, 6) is 0.240. The van der Waals surface area contributed by atoms with Gasteiger partial charge in [-0.25, -0.2) is 9.37 Å². The number of thiazole rings is 1. The van der Waals surface area contributed by atoms with Gasteiger partial charge in [-0.2, -0.15) is 0 Å². The Labute approximate surface area is 149 Å². The second-order valence-corrected chi connectivity index (χ2v) is 6.61. The molecule has 0 spiro atoms. The smallest absolute Gasteiger partial charge is 0.270 e. The van der Waals surface area contributed by atoms with Crippen LogP contribution in [0, 0.1) is 5.82 Å². The van der Waals surface area contributed by atoms with E-state index in [4.69, 9.17) is 4.42 Å². The summed E-state index contributed by atoms with van der Waals surface area (Å²) in [5, 5.41) is 5.27. The zero-order valence-electron chi connectivity index (χ0n) is 13.9. The van der Waals surface area contributed by atoms with Crippen molar-refractivity contribution >= 4 is 17.2 Å². The van der Waals surface area contributed by atoms with Gasteiger partial charge in [0.15, 0.2) is 0 Å². The lowest BCUT2D eigenvalue weighted by atomic mass is 10.2. The average Bonchev–Trinajstić information content (AvgIpc) is 3.27. The highest BCUT2D eigenvalue weighted by molar-refractivity contribution is 7.13. The fourth-order valence-electron chi connectivity index (χ4n) is 2.40. The van der Waals surface area contributed by atoms with Crippen molar-refractivity contribution in [3.63, 3.8) is 0 Å². The van der Waals surface area contributed by atoms with Crippen molar-refractivity contribution in [2.24, 2.45) is 0 Å². The molecule has 0 saturated heterocycles. The molecule has 7 heteroatoms. The number of carbonyl (C=O) groups excluding carboxylic acids is 1. The van der Waals surface area contributed by atoms with E-state index < -0.39 is 0 Å². The summed E-state index contributed by atoms with van der Waals surface area (Å²) in [5.41, 5.74) is 1.13. The van der Waals surface area contributed by atoms with E-state index in [9.17, 15) is 9.18 Å². The third-order valence-electron chi connectivity index (χ3n) is 3.78. The first kappa shape index (κ1) is 17.3. The monoisotopic (exact) mass is 359 g/mol. The lowest BCUT2D eigenvalue weighted by Crippen LogP contribution is -2.34. The molecule has 0 aliphatic rings. The molecule has 1 amide bonds. The molecule has 1 aromatic carbocycles.